The summed E-state index contributed by atoms with van der Waals surface area (Å²) >= 11 is 0. The molecule has 0 aliphatic rings. The van der Waals surface area contributed by atoms with Gasteiger partial charge in [0.25, 0.3) is 11.8 Å². The van der Waals surface area contributed by atoms with Gasteiger partial charge in [0.1, 0.15) is 0 Å². The van der Waals surface area contributed by atoms with Crippen molar-refractivity contribution >= 4 is 5.91 Å². The van der Waals surface area contributed by atoms with E-state index in [0.717, 1.165) is 6.42 Å². The molecular weight excluding hydrogens is 270 g/mol. The third kappa shape index (κ3) is 3.88. The lowest BCUT2D eigenvalue weighted by Crippen LogP contribution is -2.32. The SMILES string of the molecule is CCCC(O)CNC(=O)c1ccccc1-c1nc(C)no1. The van der Waals surface area contributed by atoms with Gasteiger partial charge in [-0.25, -0.2) is 0 Å². The fraction of sp³-hybridized carbons (Fsp3) is 0.400. The van der Waals surface area contributed by atoms with Crippen molar-refractivity contribution in [2.24, 2.45) is 0 Å². The smallest absolute Gasteiger partial charge is 0.258 e. The first-order chi connectivity index (χ1) is 10.1. The number of aromatic nitrogens is 2. The lowest BCUT2D eigenvalue weighted by Gasteiger charge is -2.11. The van der Waals surface area contributed by atoms with Crippen LogP contribution >= 0.6 is 0 Å². The van der Waals surface area contributed by atoms with Crippen LogP contribution in [0.4, 0.5) is 0 Å². The number of aliphatic hydroxyl groups excluding tert-OH is 1. The number of carbonyl (C=O) groups is 1. The van der Waals surface area contributed by atoms with Crippen LogP contribution in [0, 0.1) is 6.92 Å². The van der Waals surface area contributed by atoms with E-state index in [0.29, 0.717) is 29.3 Å². The molecule has 6 heteroatoms. The molecular formula is C15H19N3O3. The third-order valence-electron chi connectivity index (χ3n) is 3.05. The molecule has 0 aliphatic carbocycles. The van der Waals surface area contributed by atoms with Crippen LogP contribution in [0.1, 0.15) is 35.9 Å². The van der Waals surface area contributed by atoms with Gasteiger partial charge in [0.05, 0.1) is 17.2 Å². The molecule has 0 saturated carbocycles. The van der Waals surface area contributed by atoms with Crippen LogP contribution in [0.5, 0.6) is 0 Å². The molecule has 21 heavy (non-hydrogen) atoms. The number of hydrogen-bond donors (Lipinski definition) is 2. The Hall–Kier alpha value is -2.21. The third-order valence-corrected chi connectivity index (χ3v) is 3.05. The lowest BCUT2D eigenvalue weighted by molar-refractivity contribution is 0.0910. The zero-order chi connectivity index (χ0) is 15.2. The van der Waals surface area contributed by atoms with E-state index in [1.165, 1.54) is 0 Å². The van der Waals surface area contributed by atoms with Crippen LogP contribution in [0.25, 0.3) is 11.5 Å². The standard InChI is InChI=1S/C15H19N3O3/c1-3-6-11(19)9-16-14(20)12-7-4-5-8-13(12)15-17-10(2)18-21-15/h4-5,7-8,11,19H,3,6,9H2,1-2H3,(H,16,20). The van der Waals surface area contributed by atoms with Crippen molar-refractivity contribution in [3.63, 3.8) is 0 Å². The summed E-state index contributed by atoms with van der Waals surface area (Å²) in [4.78, 5) is 16.4. The molecule has 6 nitrogen and oxygen atoms in total. The molecule has 112 valence electrons. The molecule has 0 fully saturated rings. The van der Waals surface area contributed by atoms with Crippen LogP contribution in [0.2, 0.25) is 0 Å². The Morgan fingerprint density at radius 1 is 1.43 bits per heavy atom. The zero-order valence-corrected chi connectivity index (χ0v) is 12.2. The summed E-state index contributed by atoms with van der Waals surface area (Å²) in [7, 11) is 0. The van der Waals surface area contributed by atoms with Crippen LogP contribution < -0.4 is 5.32 Å². The predicted molar refractivity (Wildman–Crippen MR) is 77.7 cm³/mol. The Labute approximate surface area is 123 Å². The molecule has 0 radical (unpaired) electrons. The van der Waals surface area contributed by atoms with Gasteiger partial charge < -0.3 is 14.9 Å². The highest BCUT2D eigenvalue weighted by Crippen LogP contribution is 2.21. The van der Waals surface area contributed by atoms with E-state index in [4.69, 9.17) is 4.52 Å². The number of aryl methyl sites for hydroxylation is 1. The summed E-state index contributed by atoms with van der Waals surface area (Å²) in [5, 5.41) is 16.1. The van der Waals surface area contributed by atoms with E-state index in [1.807, 2.05) is 6.92 Å². The highest BCUT2D eigenvalue weighted by atomic mass is 16.5. The van der Waals surface area contributed by atoms with Gasteiger partial charge in [-0.15, -0.1) is 0 Å². The maximum Gasteiger partial charge on any atom is 0.258 e. The molecule has 0 bridgehead atoms. The largest absolute Gasteiger partial charge is 0.391 e. The maximum atomic E-state index is 12.2. The summed E-state index contributed by atoms with van der Waals surface area (Å²) in [6.07, 6.45) is 0.997. The Balaban J connectivity index is 2.14. The van der Waals surface area contributed by atoms with Crippen molar-refractivity contribution in [1.82, 2.24) is 15.5 Å². The molecule has 0 saturated heterocycles. The Morgan fingerprint density at radius 3 is 2.86 bits per heavy atom. The van der Waals surface area contributed by atoms with Crippen molar-refractivity contribution < 1.29 is 14.4 Å². The lowest BCUT2D eigenvalue weighted by atomic mass is 10.1. The summed E-state index contributed by atoms with van der Waals surface area (Å²) in [5.74, 6) is 0.558. The molecule has 1 amide bonds. The molecule has 0 spiro atoms. The van der Waals surface area contributed by atoms with Crippen LogP contribution in [0.15, 0.2) is 28.8 Å². The van der Waals surface area contributed by atoms with Crippen LogP contribution in [-0.2, 0) is 0 Å². The van der Waals surface area contributed by atoms with Gasteiger partial charge >= 0.3 is 0 Å². The fourth-order valence-corrected chi connectivity index (χ4v) is 2.02. The molecule has 1 heterocycles. The van der Waals surface area contributed by atoms with Crippen molar-refractivity contribution in [3.8, 4) is 11.5 Å². The molecule has 1 aromatic heterocycles. The van der Waals surface area contributed by atoms with E-state index < -0.39 is 6.10 Å². The van der Waals surface area contributed by atoms with Gasteiger partial charge in [-0.05, 0) is 25.5 Å². The van der Waals surface area contributed by atoms with E-state index in [2.05, 4.69) is 15.5 Å². The summed E-state index contributed by atoms with van der Waals surface area (Å²) < 4.78 is 5.11. The van der Waals surface area contributed by atoms with Gasteiger partial charge in [0, 0.05) is 6.54 Å². The number of benzene rings is 1. The Bertz CT molecular complexity index is 610. The first-order valence-corrected chi connectivity index (χ1v) is 6.97. The number of hydrogen-bond acceptors (Lipinski definition) is 5. The van der Waals surface area contributed by atoms with E-state index in [9.17, 15) is 9.90 Å². The van der Waals surface area contributed by atoms with Crippen LogP contribution in [-0.4, -0.2) is 33.8 Å². The topological polar surface area (TPSA) is 88.2 Å². The number of carbonyl (C=O) groups excluding carboxylic acids is 1. The minimum absolute atomic E-state index is 0.226. The quantitative estimate of drug-likeness (QED) is 0.848. The van der Waals surface area contributed by atoms with Gasteiger partial charge in [0.2, 0.25) is 0 Å². The molecule has 2 aromatic rings. The monoisotopic (exact) mass is 289 g/mol. The number of amides is 1. The second-order valence-corrected chi connectivity index (χ2v) is 4.84. The van der Waals surface area contributed by atoms with E-state index in [-0.39, 0.29) is 12.5 Å². The predicted octanol–water partition coefficient (Wildman–Crippen LogP) is 1.94. The first kappa shape index (κ1) is 15.2. The normalized spacial score (nSPS) is 12.1. The van der Waals surface area contributed by atoms with E-state index >= 15 is 0 Å². The molecule has 1 atom stereocenters. The van der Waals surface area contributed by atoms with Crippen molar-refractivity contribution in [3.05, 3.63) is 35.7 Å². The van der Waals surface area contributed by atoms with E-state index in [1.54, 1.807) is 31.2 Å². The number of aliphatic hydroxyl groups is 1. The average Bonchev–Trinajstić information content (AvgIpc) is 2.91. The van der Waals surface area contributed by atoms with Gasteiger partial charge in [-0.3, -0.25) is 4.79 Å². The van der Waals surface area contributed by atoms with Gasteiger partial charge in [-0.1, -0.05) is 30.6 Å². The summed E-state index contributed by atoms with van der Waals surface area (Å²) in [5.41, 5.74) is 1.03. The van der Waals surface area contributed by atoms with Crippen molar-refractivity contribution in [2.45, 2.75) is 32.8 Å². The number of rotatable bonds is 6. The Kier molecular flexibility index (Phi) is 5.05. The molecule has 0 aliphatic heterocycles. The minimum atomic E-state index is -0.531. The number of nitrogens with one attached hydrogen (secondary N) is 1. The maximum absolute atomic E-state index is 12.2. The highest BCUT2D eigenvalue weighted by Gasteiger charge is 2.17. The molecule has 2 N–H and O–H groups in total. The molecule has 1 unspecified atom stereocenters. The number of nitrogens with zero attached hydrogens (tertiary/aromatic N) is 2. The van der Waals surface area contributed by atoms with Crippen molar-refractivity contribution in [1.29, 1.82) is 0 Å². The minimum Gasteiger partial charge on any atom is -0.391 e. The van der Waals surface area contributed by atoms with Crippen molar-refractivity contribution in [2.75, 3.05) is 6.54 Å². The molecule has 2 rings (SSSR count). The molecule has 1 aromatic carbocycles. The zero-order valence-electron chi connectivity index (χ0n) is 12.2. The summed E-state index contributed by atoms with van der Waals surface area (Å²) in [6.45, 7) is 3.93. The van der Waals surface area contributed by atoms with Gasteiger partial charge in [0.15, 0.2) is 5.82 Å². The second kappa shape index (κ2) is 6.99. The second-order valence-electron chi connectivity index (χ2n) is 4.84. The first-order valence-electron chi connectivity index (χ1n) is 6.97. The van der Waals surface area contributed by atoms with Gasteiger partial charge in [-0.2, -0.15) is 4.98 Å². The fourth-order valence-electron chi connectivity index (χ4n) is 2.02. The van der Waals surface area contributed by atoms with Crippen LogP contribution in [0.3, 0.4) is 0 Å². The summed E-state index contributed by atoms with van der Waals surface area (Å²) in [6, 6.07) is 7.02. The highest BCUT2D eigenvalue weighted by molar-refractivity contribution is 5.99. The Morgan fingerprint density at radius 2 is 2.19 bits per heavy atom. The average molecular weight is 289 g/mol.